The van der Waals surface area contributed by atoms with Gasteiger partial charge in [-0.15, -0.1) is 0 Å². The first-order valence-electron chi connectivity index (χ1n) is 9.86. The first-order valence-corrected chi connectivity index (χ1v) is 10.6. The van der Waals surface area contributed by atoms with Gasteiger partial charge in [-0.3, -0.25) is 0 Å². The molecule has 4 rings (SSSR count). The van der Waals surface area contributed by atoms with Gasteiger partial charge in [0.15, 0.2) is 0 Å². The maximum Gasteiger partial charge on any atom is 0.339 e. The molecule has 0 bridgehead atoms. The molecule has 2 aromatic heterocycles. The molecule has 0 amide bonds. The van der Waals surface area contributed by atoms with Crippen molar-refractivity contribution in [1.29, 1.82) is 0 Å². The Morgan fingerprint density at radius 1 is 0.812 bits per heavy atom. The van der Waals surface area contributed by atoms with Crippen molar-refractivity contribution >= 4 is 45.1 Å². The monoisotopic (exact) mass is 477 g/mol. The molecule has 0 saturated heterocycles. The molecule has 168 valence electrons. The van der Waals surface area contributed by atoms with Crippen LogP contribution < -0.4 is 21.7 Å². The van der Waals surface area contributed by atoms with Crippen molar-refractivity contribution < 1.29 is 18.7 Å². The van der Waals surface area contributed by atoms with Crippen LogP contribution in [-0.2, 0) is 0 Å². The third-order valence-corrected chi connectivity index (χ3v) is 4.93. The van der Waals surface area contributed by atoms with E-state index in [2.05, 4.69) is 0 Å². The van der Waals surface area contributed by atoms with Crippen LogP contribution in [0.2, 0.25) is 10.0 Å². The van der Waals surface area contributed by atoms with E-state index in [0.717, 1.165) is 25.3 Å². The summed E-state index contributed by atoms with van der Waals surface area (Å²) in [7, 11) is 0. The van der Waals surface area contributed by atoms with Crippen LogP contribution in [0.25, 0.3) is 21.9 Å². The molecule has 9 heteroatoms. The lowest BCUT2D eigenvalue weighted by Gasteiger charge is -2.08. The summed E-state index contributed by atoms with van der Waals surface area (Å²) in [6.07, 6.45) is 2.89. The second-order valence-corrected chi connectivity index (χ2v) is 7.73. The van der Waals surface area contributed by atoms with E-state index in [1.54, 1.807) is 30.3 Å². The topological polar surface area (TPSA) is 116 Å². The molecule has 0 fully saturated rings. The first kappa shape index (κ1) is 23.7. The Balaban J connectivity index is 0.000000193. The summed E-state index contributed by atoms with van der Waals surface area (Å²) in [5.41, 5.74) is 5.23. The van der Waals surface area contributed by atoms with Crippen molar-refractivity contribution in [2.75, 3.05) is 13.2 Å². The van der Waals surface area contributed by atoms with Crippen LogP contribution >= 0.6 is 23.2 Å². The van der Waals surface area contributed by atoms with Crippen LogP contribution in [0.1, 0.15) is 19.3 Å². The average Bonchev–Trinajstić information content (AvgIpc) is 2.75. The zero-order valence-corrected chi connectivity index (χ0v) is 18.5. The van der Waals surface area contributed by atoms with Crippen LogP contribution in [0.15, 0.2) is 67.0 Å². The van der Waals surface area contributed by atoms with E-state index >= 15 is 0 Å². The Kier molecular flexibility index (Phi) is 8.16. The van der Waals surface area contributed by atoms with E-state index in [0.29, 0.717) is 50.9 Å². The molecule has 0 saturated carbocycles. The standard InChI is InChI=1S/C14H16ClNO3.C9H5ClO3/c15-10-4-5-12-11(8-10)13(9-14(17)19-12)18-7-3-1-2-6-16;10-5-1-2-8-6(3-5)7(11)4-9(12)13-8/h4-5,8-9H,1-3,6-7,16H2;1-4,11H. The minimum atomic E-state index is -0.577. The Labute approximate surface area is 192 Å². The summed E-state index contributed by atoms with van der Waals surface area (Å²) in [5.74, 6) is 0.398. The molecule has 7 nitrogen and oxygen atoms in total. The van der Waals surface area contributed by atoms with E-state index in [9.17, 15) is 14.7 Å². The molecule has 2 heterocycles. The minimum absolute atomic E-state index is 0.117. The van der Waals surface area contributed by atoms with Crippen molar-refractivity contribution in [3.05, 3.63) is 79.4 Å². The van der Waals surface area contributed by atoms with Crippen LogP contribution in [-0.4, -0.2) is 18.3 Å². The van der Waals surface area contributed by atoms with Crippen molar-refractivity contribution in [2.24, 2.45) is 5.73 Å². The highest BCUT2D eigenvalue weighted by atomic mass is 35.5. The molecule has 0 atom stereocenters. The molecule has 32 heavy (non-hydrogen) atoms. The van der Waals surface area contributed by atoms with Gasteiger partial charge in [0.1, 0.15) is 22.7 Å². The Morgan fingerprint density at radius 3 is 2.06 bits per heavy atom. The van der Waals surface area contributed by atoms with Gasteiger partial charge in [-0.25, -0.2) is 9.59 Å². The number of aromatic hydroxyl groups is 1. The lowest BCUT2D eigenvalue weighted by molar-refractivity contribution is 0.306. The second-order valence-electron chi connectivity index (χ2n) is 6.86. The van der Waals surface area contributed by atoms with Crippen molar-refractivity contribution in [3.63, 3.8) is 0 Å². The third kappa shape index (κ3) is 6.26. The normalized spacial score (nSPS) is 10.7. The highest BCUT2D eigenvalue weighted by Crippen LogP contribution is 2.27. The van der Waals surface area contributed by atoms with E-state index in [4.69, 9.17) is 42.5 Å². The molecule has 0 aliphatic heterocycles. The van der Waals surface area contributed by atoms with Gasteiger partial charge in [-0.1, -0.05) is 23.2 Å². The molecule has 0 unspecified atom stereocenters. The van der Waals surface area contributed by atoms with Gasteiger partial charge in [0, 0.05) is 10.0 Å². The third-order valence-electron chi connectivity index (χ3n) is 4.46. The first-order chi connectivity index (χ1) is 15.4. The summed E-state index contributed by atoms with van der Waals surface area (Å²) >= 11 is 11.6. The van der Waals surface area contributed by atoms with E-state index in [-0.39, 0.29) is 5.75 Å². The lowest BCUT2D eigenvalue weighted by Crippen LogP contribution is -2.04. The predicted octanol–water partition coefficient (Wildman–Crippen LogP) is 5.11. The predicted molar refractivity (Wildman–Crippen MR) is 125 cm³/mol. The number of unbranched alkanes of at least 4 members (excludes halogenated alkanes) is 2. The van der Waals surface area contributed by atoms with Crippen LogP contribution in [0.3, 0.4) is 0 Å². The minimum Gasteiger partial charge on any atom is -0.507 e. The van der Waals surface area contributed by atoms with E-state index in [1.165, 1.54) is 12.1 Å². The number of hydrogen-bond donors (Lipinski definition) is 2. The largest absolute Gasteiger partial charge is 0.507 e. The van der Waals surface area contributed by atoms with Crippen molar-refractivity contribution in [3.8, 4) is 11.5 Å². The molecule has 4 aromatic rings. The van der Waals surface area contributed by atoms with Gasteiger partial charge in [0.05, 0.1) is 29.5 Å². The average molecular weight is 478 g/mol. The van der Waals surface area contributed by atoms with Gasteiger partial charge in [-0.2, -0.15) is 0 Å². The van der Waals surface area contributed by atoms with Gasteiger partial charge >= 0.3 is 11.3 Å². The van der Waals surface area contributed by atoms with Gasteiger partial charge in [0.25, 0.3) is 0 Å². The fraction of sp³-hybridized carbons (Fsp3) is 0.217. The van der Waals surface area contributed by atoms with E-state index < -0.39 is 11.3 Å². The van der Waals surface area contributed by atoms with E-state index in [1.807, 2.05) is 0 Å². The summed E-state index contributed by atoms with van der Waals surface area (Å²) in [6.45, 7) is 1.23. The fourth-order valence-electron chi connectivity index (χ4n) is 2.95. The highest BCUT2D eigenvalue weighted by molar-refractivity contribution is 6.31. The maximum atomic E-state index is 11.4. The lowest BCUT2D eigenvalue weighted by atomic mass is 10.2. The smallest absolute Gasteiger partial charge is 0.339 e. The van der Waals surface area contributed by atoms with Crippen molar-refractivity contribution in [1.82, 2.24) is 0 Å². The highest BCUT2D eigenvalue weighted by Gasteiger charge is 2.07. The molecular weight excluding hydrogens is 457 g/mol. The summed E-state index contributed by atoms with van der Waals surface area (Å²) < 4.78 is 15.6. The summed E-state index contributed by atoms with van der Waals surface area (Å²) in [6, 6.07) is 12.1. The molecule has 0 radical (unpaired) electrons. The van der Waals surface area contributed by atoms with Crippen LogP contribution in [0, 0.1) is 0 Å². The molecule has 0 aliphatic carbocycles. The zero-order valence-electron chi connectivity index (χ0n) is 17.0. The van der Waals surface area contributed by atoms with Crippen molar-refractivity contribution in [2.45, 2.75) is 19.3 Å². The number of rotatable bonds is 6. The molecule has 2 aromatic carbocycles. The number of benzene rings is 2. The van der Waals surface area contributed by atoms with Gasteiger partial charge < -0.3 is 24.4 Å². The number of fused-ring (bicyclic) bond motifs is 2. The maximum absolute atomic E-state index is 11.4. The van der Waals surface area contributed by atoms with Gasteiger partial charge in [-0.05, 0) is 62.2 Å². The van der Waals surface area contributed by atoms with Crippen LogP contribution in [0.4, 0.5) is 0 Å². The fourth-order valence-corrected chi connectivity index (χ4v) is 3.29. The van der Waals surface area contributed by atoms with Gasteiger partial charge in [0.2, 0.25) is 0 Å². The summed E-state index contributed by atoms with van der Waals surface area (Å²) in [5, 5.41) is 11.6. The molecule has 0 aliphatic rings. The Bertz CT molecular complexity index is 1330. The number of nitrogens with two attached hydrogens (primary N) is 1. The Hall–Kier alpha value is -3.00. The molecule has 3 N–H and O–H groups in total. The number of halogens is 2. The summed E-state index contributed by atoms with van der Waals surface area (Å²) in [4.78, 5) is 22.3. The zero-order chi connectivity index (χ0) is 23.1. The second kappa shape index (κ2) is 11.0. The SMILES string of the molecule is NCCCCCOc1cc(=O)oc2ccc(Cl)cc12.O=c1cc(O)c2cc(Cl)ccc2o1. The Morgan fingerprint density at radius 2 is 1.41 bits per heavy atom. The quantitative estimate of drug-likeness (QED) is 0.292. The molecule has 0 spiro atoms. The van der Waals surface area contributed by atoms with Crippen LogP contribution in [0.5, 0.6) is 11.5 Å². The number of hydrogen-bond acceptors (Lipinski definition) is 7. The number of ether oxygens (including phenoxy) is 1. The molecular formula is C23H21Cl2NO6.